The van der Waals surface area contributed by atoms with Crippen molar-refractivity contribution in [3.05, 3.63) is 48.8 Å². The number of aromatic nitrogens is 2. The van der Waals surface area contributed by atoms with Crippen LogP contribution in [0.15, 0.2) is 48.8 Å². The molecule has 0 unspecified atom stereocenters. The molecule has 4 nitrogen and oxygen atoms in total. The molecule has 22 heavy (non-hydrogen) atoms. The minimum Gasteiger partial charge on any atom is -0.461 e. The second-order valence-electron chi connectivity index (χ2n) is 5.27. The van der Waals surface area contributed by atoms with Gasteiger partial charge in [-0.2, -0.15) is 4.57 Å². The van der Waals surface area contributed by atoms with Crippen LogP contribution in [0.5, 0.6) is 0 Å². The van der Waals surface area contributed by atoms with Crippen molar-refractivity contribution in [1.82, 2.24) is 4.98 Å². The van der Waals surface area contributed by atoms with E-state index in [2.05, 4.69) is 17.1 Å². The lowest BCUT2D eigenvalue weighted by Gasteiger charge is -2.04. The molecule has 2 heterocycles. The van der Waals surface area contributed by atoms with E-state index in [-0.39, 0.29) is 12.5 Å². The molecule has 0 fully saturated rings. The largest absolute Gasteiger partial charge is 0.461 e. The number of benzene rings is 1. The molecule has 0 atom stereocenters. The second kappa shape index (κ2) is 4.91. The van der Waals surface area contributed by atoms with E-state index in [0.29, 0.717) is 6.61 Å². The number of carbonyl (C=O) groups is 1. The monoisotopic (exact) mass is 291 g/mol. The summed E-state index contributed by atoms with van der Waals surface area (Å²) in [5.74, 6) is -0.224. The maximum Gasteiger partial charge on any atom is 0.372 e. The lowest BCUT2D eigenvalue weighted by molar-refractivity contribution is -0.673. The van der Waals surface area contributed by atoms with Gasteiger partial charge in [0.1, 0.15) is 0 Å². The molecule has 108 valence electrons. The molecule has 1 aliphatic carbocycles. The van der Waals surface area contributed by atoms with Crippen LogP contribution in [0.1, 0.15) is 6.92 Å². The fourth-order valence-corrected chi connectivity index (χ4v) is 3.12. The molecule has 0 amide bonds. The molecule has 3 aromatic rings. The molecule has 4 rings (SSSR count). The topological polar surface area (TPSA) is 43.1 Å². The highest BCUT2D eigenvalue weighted by Gasteiger charge is 2.31. The SMILES string of the molecule is CCOC(=O)C[n+]1ccc2ccnc3c2c1-c1ccccc1-3. The Morgan fingerprint density at radius 3 is 2.82 bits per heavy atom. The standard InChI is InChI=1S/C18H15N2O2/c1-2-22-15(21)11-20-10-8-12-7-9-19-17-13-5-3-4-6-14(13)18(20)16(12)17/h3-10H,2,11H2,1H3/q+1. The molecule has 4 heteroatoms. The molecule has 0 bridgehead atoms. The molecule has 0 N–H and O–H groups in total. The lowest BCUT2D eigenvalue weighted by Crippen LogP contribution is -2.40. The van der Waals surface area contributed by atoms with Crippen molar-refractivity contribution in [3.8, 4) is 22.5 Å². The van der Waals surface area contributed by atoms with E-state index < -0.39 is 0 Å². The summed E-state index contributed by atoms with van der Waals surface area (Å²) < 4.78 is 7.04. The Labute approximate surface area is 128 Å². The molecule has 0 radical (unpaired) electrons. The molecule has 2 aromatic heterocycles. The van der Waals surface area contributed by atoms with Crippen LogP contribution in [0.4, 0.5) is 0 Å². The average Bonchev–Trinajstić information content (AvgIpc) is 2.87. The quantitative estimate of drug-likeness (QED) is 0.430. The van der Waals surface area contributed by atoms with Gasteiger partial charge in [0.25, 0.3) is 0 Å². The van der Waals surface area contributed by atoms with Crippen LogP contribution in [-0.2, 0) is 16.1 Å². The van der Waals surface area contributed by atoms with Crippen molar-refractivity contribution in [2.24, 2.45) is 0 Å². The summed E-state index contributed by atoms with van der Waals surface area (Å²) >= 11 is 0. The highest BCUT2D eigenvalue weighted by Crippen LogP contribution is 2.43. The normalized spacial score (nSPS) is 11.5. The third-order valence-corrected chi connectivity index (χ3v) is 3.98. The van der Waals surface area contributed by atoms with Gasteiger partial charge in [0.05, 0.1) is 23.3 Å². The number of carbonyl (C=O) groups excluding carboxylic acids is 1. The molecule has 1 aliphatic rings. The van der Waals surface area contributed by atoms with Crippen molar-refractivity contribution in [2.75, 3.05) is 6.61 Å². The third kappa shape index (κ3) is 1.80. The summed E-state index contributed by atoms with van der Waals surface area (Å²) in [4.78, 5) is 16.4. The number of ether oxygens (including phenoxy) is 1. The zero-order chi connectivity index (χ0) is 15.1. The first-order valence-corrected chi connectivity index (χ1v) is 7.36. The van der Waals surface area contributed by atoms with Gasteiger partial charge in [-0.15, -0.1) is 0 Å². The minimum absolute atomic E-state index is 0.210. The number of esters is 1. The first kappa shape index (κ1) is 13.0. The van der Waals surface area contributed by atoms with Gasteiger partial charge in [0, 0.05) is 17.8 Å². The molecule has 1 aromatic carbocycles. The van der Waals surface area contributed by atoms with E-state index >= 15 is 0 Å². The van der Waals surface area contributed by atoms with E-state index in [1.54, 1.807) is 0 Å². The van der Waals surface area contributed by atoms with Crippen LogP contribution in [0.25, 0.3) is 33.3 Å². The van der Waals surface area contributed by atoms with Crippen LogP contribution in [-0.4, -0.2) is 17.6 Å². The van der Waals surface area contributed by atoms with Crippen LogP contribution < -0.4 is 4.57 Å². The third-order valence-electron chi connectivity index (χ3n) is 3.98. The van der Waals surface area contributed by atoms with Crippen molar-refractivity contribution in [2.45, 2.75) is 13.5 Å². The summed E-state index contributed by atoms with van der Waals surface area (Å²) in [6.07, 6.45) is 3.78. The minimum atomic E-state index is -0.224. The van der Waals surface area contributed by atoms with Crippen molar-refractivity contribution < 1.29 is 14.1 Å². The fourth-order valence-electron chi connectivity index (χ4n) is 3.12. The van der Waals surface area contributed by atoms with Gasteiger partial charge in [-0.3, -0.25) is 4.98 Å². The van der Waals surface area contributed by atoms with Gasteiger partial charge in [-0.1, -0.05) is 18.2 Å². The van der Waals surface area contributed by atoms with Gasteiger partial charge in [-0.05, 0) is 24.4 Å². The number of nitrogens with zero attached hydrogens (tertiary/aromatic N) is 2. The zero-order valence-electron chi connectivity index (χ0n) is 12.2. The molecular weight excluding hydrogens is 276 g/mol. The van der Waals surface area contributed by atoms with Gasteiger partial charge in [0.2, 0.25) is 12.2 Å². The second-order valence-corrected chi connectivity index (χ2v) is 5.27. The Morgan fingerprint density at radius 2 is 2.00 bits per heavy atom. The average molecular weight is 291 g/mol. The van der Waals surface area contributed by atoms with Crippen molar-refractivity contribution >= 4 is 16.7 Å². The predicted molar refractivity (Wildman–Crippen MR) is 83.0 cm³/mol. The Morgan fingerprint density at radius 1 is 1.18 bits per heavy atom. The molecule has 0 saturated heterocycles. The maximum atomic E-state index is 11.9. The number of hydrogen-bond acceptors (Lipinski definition) is 3. The van der Waals surface area contributed by atoms with E-state index in [9.17, 15) is 4.79 Å². The highest BCUT2D eigenvalue weighted by molar-refractivity contribution is 6.11. The Bertz CT molecular complexity index is 903. The predicted octanol–water partition coefficient (Wildman–Crippen LogP) is 2.73. The maximum absolute atomic E-state index is 11.9. The Kier molecular flexibility index (Phi) is 2.89. The molecule has 0 spiro atoms. The first-order valence-electron chi connectivity index (χ1n) is 7.36. The van der Waals surface area contributed by atoms with Crippen LogP contribution in [0.3, 0.4) is 0 Å². The van der Waals surface area contributed by atoms with Crippen molar-refractivity contribution in [3.63, 3.8) is 0 Å². The number of fused-ring (bicyclic) bond motifs is 3. The van der Waals surface area contributed by atoms with E-state index in [0.717, 1.165) is 33.3 Å². The molecular formula is C18H15N2O2+. The highest BCUT2D eigenvalue weighted by atomic mass is 16.5. The summed E-state index contributed by atoms with van der Waals surface area (Å²) in [5, 5.41) is 2.24. The molecule has 0 aliphatic heterocycles. The first-order chi connectivity index (χ1) is 10.8. The van der Waals surface area contributed by atoms with Crippen LogP contribution in [0.2, 0.25) is 0 Å². The summed E-state index contributed by atoms with van der Waals surface area (Å²) in [6.45, 7) is 2.42. The van der Waals surface area contributed by atoms with Crippen LogP contribution >= 0.6 is 0 Å². The Hall–Kier alpha value is -2.75. The summed E-state index contributed by atoms with van der Waals surface area (Å²) in [6, 6.07) is 12.2. The summed E-state index contributed by atoms with van der Waals surface area (Å²) in [5.41, 5.74) is 4.27. The van der Waals surface area contributed by atoms with E-state index in [4.69, 9.17) is 4.74 Å². The smallest absolute Gasteiger partial charge is 0.372 e. The number of hydrogen-bond donors (Lipinski definition) is 0. The zero-order valence-corrected chi connectivity index (χ0v) is 12.2. The van der Waals surface area contributed by atoms with E-state index in [1.165, 1.54) is 0 Å². The van der Waals surface area contributed by atoms with Gasteiger partial charge < -0.3 is 4.74 Å². The van der Waals surface area contributed by atoms with Crippen LogP contribution in [0, 0.1) is 0 Å². The van der Waals surface area contributed by atoms with Crippen molar-refractivity contribution in [1.29, 1.82) is 0 Å². The lowest BCUT2D eigenvalue weighted by atomic mass is 10.1. The van der Waals surface area contributed by atoms with Gasteiger partial charge in [0.15, 0.2) is 6.20 Å². The van der Waals surface area contributed by atoms with Gasteiger partial charge in [-0.25, -0.2) is 4.79 Å². The number of pyridine rings is 2. The number of rotatable bonds is 3. The fraction of sp³-hybridized carbons (Fsp3) is 0.167. The van der Waals surface area contributed by atoms with E-state index in [1.807, 2.05) is 48.1 Å². The van der Waals surface area contributed by atoms with Gasteiger partial charge >= 0.3 is 5.97 Å². The Balaban J connectivity index is 1.97. The molecule has 0 saturated carbocycles. The summed E-state index contributed by atoms with van der Waals surface area (Å²) in [7, 11) is 0.